The number of hydrogen-bond acceptors (Lipinski definition) is 21. The maximum absolute atomic E-state index is 13.4. The van der Waals surface area contributed by atoms with Gasteiger partial charge in [0.05, 0.1) is 101 Å². The molecule has 5 aromatic heterocycles. The zero-order chi connectivity index (χ0) is 95.7. The lowest BCUT2D eigenvalue weighted by Crippen LogP contribution is -2.41. The molecule has 706 valence electrons. The molecule has 37 heteroatoms. The molecule has 4 saturated heterocycles. The van der Waals surface area contributed by atoms with Gasteiger partial charge in [0.1, 0.15) is 9.84 Å². The van der Waals surface area contributed by atoms with Crippen LogP contribution in [0.15, 0.2) is 91.0 Å². The Balaban J connectivity index is 0.000000128. The number of pyridine rings is 5. The van der Waals surface area contributed by atoms with Crippen LogP contribution in [-0.2, 0) is 89.5 Å². The highest BCUT2D eigenvalue weighted by molar-refractivity contribution is 7.91. The highest BCUT2D eigenvalue weighted by Crippen LogP contribution is 2.48. The fraction of sp³-hybridized carbons (Fsp3) is 0.381. The summed E-state index contributed by atoms with van der Waals surface area (Å²) in [5, 5.41) is 5.13. The number of sulfone groups is 1. The third-order valence-corrected chi connectivity index (χ3v) is 30.7. The molecular formula is C97H102Cl10N16O10S. The summed E-state index contributed by atoms with van der Waals surface area (Å²) in [6.45, 7) is 18.2. The third kappa shape index (κ3) is 20.5. The fourth-order valence-electron chi connectivity index (χ4n) is 19.5. The quantitative estimate of drug-likeness (QED) is 0.0523. The third-order valence-electron chi connectivity index (χ3n) is 26.2. The van der Waals surface area contributed by atoms with Crippen LogP contribution in [0.1, 0.15) is 188 Å². The van der Waals surface area contributed by atoms with E-state index >= 15 is 0 Å². The van der Waals surface area contributed by atoms with E-state index in [2.05, 4.69) is 9.97 Å². The molecule has 134 heavy (non-hydrogen) atoms. The Labute approximate surface area is 828 Å². The molecule has 5 aromatic carbocycles. The van der Waals surface area contributed by atoms with E-state index in [0.29, 0.717) is 193 Å². The van der Waals surface area contributed by atoms with Crippen molar-refractivity contribution in [3.63, 3.8) is 0 Å². The standard InChI is InChI=1S/C20H21Cl2N3O3S.3C20H21Cl2N3O2.C17H18Cl2N4O/c1-11-15(9-23)18(14-3-2-12(21)8-16(14)22)19-17(24-11)10-25(20(19)26)13-4-6-29(27,28)7-5-13;3*1-11-15(9-23)18(14-3-2-12(21)8-16(14)22)19-17(24-11)10-25(20(19)26)13-4-6-27-7-5-13;1-9-12(7-21)15(11-3-2-10(18)6-13(11)19)16-14(22-9)8-23(5-4-20)17(16)24/h2-3,8,13H,4-7,9-10,23H2,1H3;3*2-3,8,13H,4-7,9-10,23H2,1H3;2-3,6H,4-5,7-8,20-21H2,1H3. The van der Waals surface area contributed by atoms with Crippen LogP contribution in [0.2, 0.25) is 50.2 Å². The molecule has 5 amide bonds. The minimum Gasteiger partial charge on any atom is -0.381 e. The molecule has 10 aromatic rings. The van der Waals surface area contributed by atoms with Crippen LogP contribution in [0.3, 0.4) is 0 Å². The van der Waals surface area contributed by atoms with E-state index < -0.39 is 9.84 Å². The normalized spacial score (nSPS) is 17.1. The summed E-state index contributed by atoms with van der Waals surface area (Å²) in [7, 11) is -3.01. The molecule has 4 fully saturated rings. The minimum atomic E-state index is -3.01. The fourth-order valence-corrected chi connectivity index (χ4v) is 23.5. The predicted octanol–water partition coefficient (Wildman–Crippen LogP) is 18.0. The smallest absolute Gasteiger partial charge is 0.257 e. The molecular weight excluding hydrogens is 1940 g/mol. The van der Waals surface area contributed by atoms with Crippen molar-refractivity contribution in [2.75, 3.05) is 64.2 Å². The van der Waals surface area contributed by atoms with Gasteiger partial charge in [-0.25, -0.2) is 8.42 Å². The summed E-state index contributed by atoms with van der Waals surface area (Å²) in [4.78, 5) is 99.0. The molecule has 0 radical (unpaired) electrons. The average molecular weight is 2040 g/mol. The van der Waals surface area contributed by atoms with E-state index in [-0.39, 0.29) is 97.9 Å². The number of halogens is 10. The van der Waals surface area contributed by atoms with Crippen molar-refractivity contribution >= 4 is 155 Å². The summed E-state index contributed by atoms with van der Waals surface area (Å²) in [5.41, 5.74) is 58.2. The van der Waals surface area contributed by atoms with Gasteiger partial charge in [-0.05, 0) is 174 Å². The SMILES string of the molecule is Cc1nc2c(c(-c3ccc(Cl)cc3Cl)c1CN)C(=O)N(C1CCOCC1)C2.Cc1nc2c(c(-c3ccc(Cl)cc3Cl)c1CN)C(=O)N(C1CCOCC1)C2.Cc1nc2c(c(-c3ccc(Cl)cc3Cl)c1CN)C(=O)N(C1CCOCC1)C2.Cc1nc2c(c(-c3ccc(Cl)cc3Cl)c1CN)C(=O)N(C1CCS(=O)(=O)CC1)C2.Cc1nc2c(c(-c3ccc(Cl)cc3Cl)c1CN)C(=O)N(CCN)C2. The lowest BCUT2D eigenvalue weighted by atomic mass is 9.93. The highest BCUT2D eigenvalue weighted by atomic mass is 35.5. The van der Waals surface area contributed by atoms with Crippen LogP contribution in [0.25, 0.3) is 55.6 Å². The molecule has 0 atom stereocenters. The van der Waals surface area contributed by atoms with E-state index in [4.69, 9.17) is 180 Å². The topological polar surface area (TPSA) is 384 Å². The average Bonchev–Trinajstić information content (AvgIpc) is 1.59. The molecule has 12 N–H and O–H groups in total. The summed E-state index contributed by atoms with van der Waals surface area (Å²) in [5.74, 6) is -0.0194. The maximum Gasteiger partial charge on any atom is 0.257 e. The van der Waals surface area contributed by atoms with Gasteiger partial charge in [0, 0.05) is 244 Å². The Morgan fingerprint density at radius 1 is 0.306 bits per heavy atom. The molecule has 0 saturated carbocycles. The van der Waals surface area contributed by atoms with Crippen molar-refractivity contribution < 1.29 is 46.6 Å². The maximum atomic E-state index is 13.4. The number of aryl methyl sites for hydroxylation is 5. The van der Waals surface area contributed by atoms with Crippen molar-refractivity contribution in [1.82, 2.24) is 49.4 Å². The number of amides is 5. The van der Waals surface area contributed by atoms with E-state index in [1.807, 2.05) is 73.6 Å². The van der Waals surface area contributed by atoms with Gasteiger partial charge in [0.15, 0.2) is 0 Å². The number of nitrogens with zero attached hydrogens (tertiary/aromatic N) is 10. The van der Waals surface area contributed by atoms with Crippen molar-refractivity contribution in [1.29, 1.82) is 0 Å². The van der Waals surface area contributed by atoms with Crippen molar-refractivity contribution in [3.8, 4) is 55.6 Å². The van der Waals surface area contributed by atoms with E-state index in [0.717, 1.165) is 162 Å². The van der Waals surface area contributed by atoms with Crippen LogP contribution in [0.4, 0.5) is 0 Å². The van der Waals surface area contributed by atoms with Crippen molar-refractivity contribution in [2.45, 2.75) is 176 Å². The van der Waals surface area contributed by atoms with Gasteiger partial charge in [-0.3, -0.25) is 48.9 Å². The Bertz CT molecular complexity index is 6070. The summed E-state index contributed by atoms with van der Waals surface area (Å²) < 4.78 is 39.9. The second-order valence-corrected chi connectivity index (χ2v) is 40.7. The second kappa shape index (κ2) is 43.0. The molecule has 19 rings (SSSR count). The number of benzene rings is 5. The Morgan fingerprint density at radius 3 is 0.724 bits per heavy atom. The number of ether oxygens (including phenoxy) is 3. The highest BCUT2D eigenvalue weighted by Gasteiger charge is 2.45. The van der Waals surface area contributed by atoms with Crippen molar-refractivity contribution in [3.05, 3.63) is 254 Å². The second-order valence-electron chi connectivity index (χ2n) is 34.2. The van der Waals surface area contributed by atoms with E-state index in [1.165, 1.54) is 0 Å². The number of carbonyl (C=O) groups excluding carboxylic acids is 5. The number of carbonyl (C=O) groups is 5. The van der Waals surface area contributed by atoms with Gasteiger partial charge in [-0.1, -0.05) is 146 Å². The molecule has 0 spiro atoms. The summed E-state index contributed by atoms with van der Waals surface area (Å²) >= 11 is 62.6. The molecule has 26 nitrogen and oxygen atoms in total. The number of nitrogens with two attached hydrogens (primary N) is 6. The minimum absolute atomic E-state index is 0.000108. The lowest BCUT2D eigenvalue weighted by molar-refractivity contribution is 0.0296. The molecule has 0 unspecified atom stereocenters. The zero-order valence-electron chi connectivity index (χ0n) is 74.5. The van der Waals surface area contributed by atoms with E-state index in [9.17, 15) is 32.4 Å². The van der Waals surface area contributed by atoms with Gasteiger partial charge >= 0.3 is 0 Å². The first-order valence-corrected chi connectivity index (χ1v) is 49.9. The largest absolute Gasteiger partial charge is 0.381 e. The zero-order valence-corrected chi connectivity index (χ0v) is 82.9. The Kier molecular flexibility index (Phi) is 32.1. The van der Waals surface area contributed by atoms with Gasteiger partial charge in [0.2, 0.25) is 0 Å². The van der Waals surface area contributed by atoms with Gasteiger partial charge in [-0.2, -0.15) is 0 Å². The number of fused-ring (bicyclic) bond motifs is 5. The van der Waals surface area contributed by atoms with Crippen LogP contribution < -0.4 is 34.4 Å². The summed E-state index contributed by atoms with van der Waals surface area (Å²) in [6.07, 6.45) is 5.97. The lowest BCUT2D eigenvalue weighted by Gasteiger charge is -2.30. The monoisotopic (exact) mass is 2030 g/mol. The first kappa shape index (κ1) is 100. The van der Waals surface area contributed by atoms with Crippen molar-refractivity contribution in [2.24, 2.45) is 34.4 Å². The van der Waals surface area contributed by atoms with Gasteiger partial charge in [-0.15, -0.1) is 0 Å². The van der Waals surface area contributed by atoms with Crippen LogP contribution in [0, 0.1) is 34.6 Å². The first-order valence-electron chi connectivity index (χ1n) is 44.3. The van der Waals surface area contributed by atoms with Crippen LogP contribution in [-0.4, -0.2) is 176 Å². The number of rotatable bonds is 16. The molecule has 9 aliphatic heterocycles. The summed E-state index contributed by atoms with van der Waals surface area (Å²) in [6, 6.07) is 26.8. The number of aromatic nitrogens is 5. The Morgan fingerprint density at radius 2 is 0.515 bits per heavy atom. The van der Waals surface area contributed by atoms with Gasteiger partial charge in [0.25, 0.3) is 29.5 Å². The number of hydrogen-bond donors (Lipinski definition) is 6. The molecule has 14 heterocycles. The van der Waals surface area contributed by atoms with Gasteiger partial charge < -0.3 is 73.1 Å². The van der Waals surface area contributed by atoms with E-state index in [1.54, 1.807) is 76.5 Å². The Hall–Kier alpha value is -8.31. The van der Waals surface area contributed by atoms with Crippen LogP contribution in [0.5, 0.6) is 0 Å². The molecule has 0 bridgehead atoms. The first-order chi connectivity index (χ1) is 64.2. The molecule has 0 aliphatic carbocycles. The molecule has 9 aliphatic rings. The predicted molar refractivity (Wildman–Crippen MR) is 528 cm³/mol. The van der Waals surface area contributed by atoms with Crippen LogP contribution >= 0.6 is 116 Å².